The van der Waals surface area contributed by atoms with Crippen molar-refractivity contribution in [2.75, 3.05) is 16.8 Å². The fraction of sp³-hybridized carbons (Fsp3) is 0.174. The zero-order valence-electron chi connectivity index (χ0n) is 16.9. The lowest BCUT2D eigenvalue weighted by Gasteiger charge is -2.23. The Morgan fingerprint density at radius 2 is 1.90 bits per heavy atom. The maximum Gasteiger partial charge on any atom is 0.244 e. The monoisotopic (exact) mass is 439 g/mol. The molecule has 31 heavy (non-hydrogen) atoms. The van der Waals surface area contributed by atoms with Crippen molar-refractivity contribution in [3.63, 3.8) is 0 Å². The molecule has 0 radical (unpaired) electrons. The molecule has 4 rings (SSSR count). The number of aliphatic imine (C=N–C) groups is 1. The molecule has 5 nitrogen and oxygen atoms in total. The van der Waals surface area contributed by atoms with Crippen molar-refractivity contribution >= 4 is 45.9 Å². The van der Waals surface area contributed by atoms with Crippen LogP contribution >= 0.6 is 11.3 Å². The average Bonchev–Trinajstić information content (AvgIpc) is 3.22. The number of carbonyl (C=O) groups excluding carboxylic acids is 2. The lowest BCUT2D eigenvalue weighted by atomic mass is 10.1. The highest BCUT2D eigenvalue weighted by atomic mass is 32.1. The molecule has 1 aliphatic rings. The van der Waals surface area contributed by atoms with Crippen molar-refractivity contribution in [2.45, 2.75) is 20.3 Å². The van der Waals surface area contributed by atoms with Crippen LogP contribution < -0.4 is 10.2 Å². The molecule has 1 aromatic heterocycles. The van der Waals surface area contributed by atoms with Gasteiger partial charge in [0.05, 0.1) is 23.5 Å². The van der Waals surface area contributed by atoms with Gasteiger partial charge in [-0.2, -0.15) is 0 Å². The van der Waals surface area contributed by atoms with Gasteiger partial charge >= 0.3 is 0 Å². The second kappa shape index (κ2) is 8.39. The molecule has 0 spiro atoms. The van der Waals surface area contributed by atoms with Crippen molar-refractivity contribution in [3.8, 4) is 0 Å². The van der Waals surface area contributed by atoms with Crippen molar-refractivity contribution in [2.24, 2.45) is 4.99 Å². The van der Waals surface area contributed by atoms with E-state index in [0.717, 1.165) is 28.1 Å². The lowest BCUT2D eigenvalue weighted by molar-refractivity contribution is -0.120. The van der Waals surface area contributed by atoms with Crippen LogP contribution in [-0.4, -0.2) is 24.1 Å². The third-order valence-electron chi connectivity index (χ3n) is 5.07. The maximum absolute atomic E-state index is 13.5. The second-order valence-corrected chi connectivity index (χ2v) is 8.24. The molecule has 1 N–H and O–H groups in total. The Kier molecular flexibility index (Phi) is 5.65. The molecular formula is C23H19F2N3O2S. The summed E-state index contributed by atoms with van der Waals surface area (Å²) in [6, 6.07) is 10.6. The van der Waals surface area contributed by atoms with Crippen molar-refractivity contribution in [1.29, 1.82) is 0 Å². The average molecular weight is 439 g/mol. The zero-order chi connectivity index (χ0) is 22.1. The highest BCUT2D eigenvalue weighted by Crippen LogP contribution is 2.36. The van der Waals surface area contributed by atoms with Gasteiger partial charge in [0.15, 0.2) is 11.6 Å². The van der Waals surface area contributed by atoms with Crippen LogP contribution in [0.15, 0.2) is 52.8 Å². The summed E-state index contributed by atoms with van der Waals surface area (Å²) in [5.41, 5.74) is 3.90. The standard InChI is InChI=1S/C23H19F2N3O2S/c1-13-8-18-20(9-14(13)2)28(23(30)11-19(27-18)21-4-3-7-31-21)12-22(29)26-15-5-6-16(24)17(25)10-15/h3-10H,11-12H2,1-2H3,(H,26,29). The smallest absolute Gasteiger partial charge is 0.244 e. The van der Waals surface area contributed by atoms with Crippen LogP contribution in [0.1, 0.15) is 22.4 Å². The summed E-state index contributed by atoms with van der Waals surface area (Å²) < 4.78 is 26.6. The Labute approximate surface area is 182 Å². The Morgan fingerprint density at radius 3 is 2.61 bits per heavy atom. The molecule has 2 amide bonds. The first kappa shape index (κ1) is 20.9. The van der Waals surface area contributed by atoms with Gasteiger partial charge in [0.25, 0.3) is 0 Å². The number of hydrogen-bond donors (Lipinski definition) is 1. The molecule has 0 saturated heterocycles. The highest BCUT2D eigenvalue weighted by Gasteiger charge is 2.27. The number of benzene rings is 2. The fourth-order valence-corrected chi connectivity index (χ4v) is 4.04. The van der Waals surface area contributed by atoms with E-state index >= 15 is 0 Å². The number of fused-ring (bicyclic) bond motifs is 1. The van der Waals surface area contributed by atoms with Crippen molar-refractivity contribution < 1.29 is 18.4 Å². The number of carbonyl (C=O) groups is 2. The van der Waals surface area contributed by atoms with Crippen molar-refractivity contribution in [3.05, 3.63) is 75.5 Å². The van der Waals surface area contributed by atoms with Gasteiger partial charge in [-0.3, -0.25) is 9.59 Å². The number of amides is 2. The number of nitrogens with one attached hydrogen (secondary N) is 1. The molecule has 0 bridgehead atoms. The molecule has 0 atom stereocenters. The normalized spacial score (nSPS) is 13.5. The summed E-state index contributed by atoms with van der Waals surface area (Å²) >= 11 is 1.50. The number of thiophene rings is 1. The van der Waals surface area contributed by atoms with Gasteiger partial charge in [0, 0.05) is 16.6 Å². The summed E-state index contributed by atoms with van der Waals surface area (Å²) in [5, 5.41) is 4.44. The van der Waals surface area contributed by atoms with Gasteiger partial charge in [-0.25, -0.2) is 13.8 Å². The van der Waals surface area contributed by atoms with E-state index in [9.17, 15) is 18.4 Å². The molecule has 3 aromatic rings. The van der Waals surface area contributed by atoms with E-state index in [4.69, 9.17) is 4.99 Å². The largest absolute Gasteiger partial charge is 0.324 e. The minimum atomic E-state index is -1.06. The Hall–Kier alpha value is -3.39. The van der Waals surface area contributed by atoms with Crippen LogP contribution in [-0.2, 0) is 9.59 Å². The number of aryl methyl sites for hydroxylation is 2. The van der Waals surface area contributed by atoms with E-state index in [1.165, 1.54) is 22.3 Å². The van der Waals surface area contributed by atoms with E-state index in [1.807, 2.05) is 43.5 Å². The molecule has 1 aliphatic heterocycles. The molecule has 0 fully saturated rings. The number of anilines is 2. The van der Waals surface area contributed by atoms with Crippen LogP contribution in [0, 0.1) is 25.5 Å². The number of hydrogen-bond acceptors (Lipinski definition) is 4. The predicted octanol–water partition coefficient (Wildman–Crippen LogP) is 5.14. The van der Waals surface area contributed by atoms with E-state index in [2.05, 4.69) is 5.32 Å². The highest BCUT2D eigenvalue weighted by molar-refractivity contribution is 7.12. The summed E-state index contributed by atoms with van der Waals surface area (Å²) in [6.45, 7) is 3.61. The topological polar surface area (TPSA) is 61.8 Å². The number of rotatable bonds is 4. The lowest BCUT2D eigenvalue weighted by Crippen LogP contribution is -2.38. The Bertz CT molecular complexity index is 1210. The fourth-order valence-electron chi connectivity index (χ4n) is 3.33. The minimum absolute atomic E-state index is 0.0474. The van der Waals surface area contributed by atoms with Crippen LogP contribution in [0.4, 0.5) is 25.8 Å². The van der Waals surface area contributed by atoms with Crippen LogP contribution in [0.2, 0.25) is 0 Å². The molecule has 0 aliphatic carbocycles. The van der Waals surface area contributed by atoms with Gasteiger partial charge in [-0.05, 0) is 60.7 Å². The van der Waals surface area contributed by atoms with E-state index in [-0.39, 0.29) is 24.6 Å². The number of nitrogens with zero attached hydrogens (tertiary/aromatic N) is 2. The van der Waals surface area contributed by atoms with Gasteiger partial charge < -0.3 is 10.2 Å². The van der Waals surface area contributed by atoms with E-state index in [0.29, 0.717) is 17.1 Å². The molecule has 2 aromatic carbocycles. The van der Waals surface area contributed by atoms with Gasteiger partial charge in [-0.15, -0.1) is 11.3 Å². The summed E-state index contributed by atoms with van der Waals surface area (Å²) in [5.74, 6) is -2.86. The van der Waals surface area contributed by atoms with E-state index < -0.39 is 17.5 Å². The summed E-state index contributed by atoms with van der Waals surface area (Å²) in [6.07, 6.45) is 0.0474. The SMILES string of the molecule is Cc1cc2c(cc1C)N(CC(=O)Nc1ccc(F)c(F)c1)C(=O)CC(c1cccs1)=N2. The van der Waals surface area contributed by atoms with Crippen LogP contribution in [0.5, 0.6) is 0 Å². The minimum Gasteiger partial charge on any atom is -0.324 e. The summed E-state index contributed by atoms with van der Waals surface area (Å²) in [7, 11) is 0. The summed E-state index contributed by atoms with van der Waals surface area (Å²) in [4.78, 5) is 32.8. The second-order valence-electron chi connectivity index (χ2n) is 7.29. The Balaban J connectivity index is 1.65. The van der Waals surface area contributed by atoms with Crippen molar-refractivity contribution in [1.82, 2.24) is 0 Å². The molecule has 158 valence electrons. The molecule has 8 heteroatoms. The first-order valence-corrected chi connectivity index (χ1v) is 10.5. The quantitative estimate of drug-likeness (QED) is 0.612. The first-order chi connectivity index (χ1) is 14.8. The third kappa shape index (κ3) is 4.39. The van der Waals surface area contributed by atoms with Gasteiger partial charge in [0.1, 0.15) is 6.54 Å². The van der Waals surface area contributed by atoms with Gasteiger partial charge in [-0.1, -0.05) is 6.07 Å². The molecule has 2 heterocycles. The maximum atomic E-state index is 13.5. The molecular weight excluding hydrogens is 420 g/mol. The zero-order valence-corrected chi connectivity index (χ0v) is 17.7. The van der Waals surface area contributed by atoms with Crippen LogP contribution in [0.3, 0.4) is 0 Å². The Morgan fingerprint density at radius 1 is 1.13 bits per heavy atom. The van der Waals surface area contributed by atoms with E-state index in [1.54, 1.807) is 0 Å². The third-order valence-corrected chi connectivity index (χ3v) is 5.99. The molecule has 0 saturated carbocycles. The van der Waals surface area contributed by atoms with Gasteiger partial charge in [0.2, 0.25) is 11.8 Å². The predicted molar refractivity (Wildman–Crippen MR) is 118 cm³/mol. The first-order valence-electron chi connectivity index (χ1n) is 9.60. The number of halogens is 2. The molecule has 0 unspecified atom stereocenters. The van der Waals surface area contributed by atoms with Crippen LogP contribution in [0.25, 0.3) is 0 Å².